The Balaban J connectivity index is 1.37. The van der Waals surface area contributed by atoms with Crippen LogP contribution in [-0.2, 0) is 11.3 Å². The summed E-state index contributed by atoms with van der Waals surface area (Å²) in [5, 5.41) is 9.72. The van der Waals surface area contributed by atoms with Crippen LogP contribution in [0.2, 0.25) is 0 Å². The van der Waals surface area contributed by atoms with Crippen LogP contribution in [0.5, 0.6) is 0 Å². The summed E-state index contributed by atoms with van der Waals surface area (Å²) in [7, 11) is 0. The molecule has 2 heterocycles. The summed E-state index contributed by atoms with van der Waals surface area (Å²) in [5.74, 6) is -0.403. The molecule has 3 rings (SSSR count). The molecule has 0 aliphatic carbocycles. The molecule has 0 bridgehead atoms. The molecule has 3 aromatic rings. The third kappa shape index (κ3) is 5.73. The van der Waals surface area contributed by atoms with Gasteiger partial charge < -0.3 is 10.6 Å². The van der Waals surface area contributed by atoms with Crippen molar-refractivity contribution in [3.05, 3.63) is 78.0 Å². The average Bonchev–Trinajstić information content (AvgIpc) is 3.13. The minimum atomic E-state index is -0.393. The Hall–Kier alpha value is -3.55. The number of nitrogens with zero attached hydrogens (tertiary/aromatic N) is 3. The van der Waals surface area contributed by atoms with E-state index in [1.807, 2.05) is 18.2 Å². The fourth-order valence-electron chi connectivity index (χ4n) is 2.53. The number of amides is 2. The lowest BCUT2D eigenvalue weighted by Gasteiger charge is -2.05. The number of halogens is 1. The van der Waals surface area contributed by atoms with E-state index in [0.717, 1.165) is 5.69 Å². The minimum Gasteiger partial charge on any atom is -0.352 e. The molecule has 8 heteroatoms. The van der Waals surface area contributed by atoms with Gasteiger partial charge in [0.05, 0.1) is 12.2 Å². The maximum absolute atomic E-state index is 12.8. The van der Waals surface area contributed by atoms with Gasteiger partial charge in [0.1, 0.15) is 5.82 Å². The Morgan fingerprint density at radius 1 is 1.07 bits per heavy atom. The van der Waals surface area contributed by atoms with Crippen molar-refractivity contribution in [1.29, 1.82) is 0 Å². The fourth-order valence-corrected chi connectivity index (χ4v) is 2.53. The van der Waals surface area contributed by atoms with Crippen LogP contribution in [0, 0.1) is 5.82 Å². The summed E-state index contributed by atoms with van der Waals surface area (Å²) < 4.78 is 14.5. The fraction of sp³-hybridized carbons (Fsp3) is 0.200. The highest BCUT2D eigenvalue weighted by molar-refractivity contribution is 5.94. The predicted molar refractivity (Wildman–Crippen MR) is 102 cm³/mol. The van der Waals surface area contributed by atoms with Crippen molar-refractivity contribution in [2.75, 3.05) is 11.9 Å². The van der Waals surface area contributed by atoms with Crippen molar-refractivity contribution >= 4 is 17.6 Å². The van der Waals surface area contributed by atoms with Gasteiger partial charge in [0.2, 0.25) is 5.91 Å². The van der Waals surface area contributed by atoms with Crippen LogP contribution in [-0.4, -0.2) is 33.1 Å². The maximum atomic E-state index is 12.8. The molecule has 0 saturated heterocycles. The van der Waals surface area contributed by atoms with Gasteiger partial charge in [-0.15, -0.1) is 0 Å². The number of carbonyl (C=O) groups is 2. The normalized spacial score (nSPS) is 10.5. The van der Waals surface area contributed by atoms with Crippen LogP contribution in [0.4, 0.5) is 10.2 Å². The van der Waals surface area contributed by atoms with Gasteiger partial charge in [0.15, 0.2) is 5.82 Å². The van der Waals surface area contributed by atoms with E-state index in [1.165, 1.54) is 24.3 Å². The van der Waals surface area contributed by atoms with Gasteiger partial charge in [-0.25, -0.2) is 4.39 Å². The third-order valence-electron chi connectivity index (χ3n) is 3.93. The zero-order valence-electron chi connectivity index (χ0n) is 15.1. The van der Waals surface area contributed by atoms with Crippen molar-refractivity contribution in [2.45, 2.75) is 19.4 Å². The second-order valence-corrected chi connectivity index (χ2v) is 6.13. The first-order valence-electron chi connectivity index (χ1n) is 8.87. The van der Waals surface area contributed by atoms with E-state index in [0.29, 0.717) is 30.9 Å². The number of anilines is 1. The predicted octanol–water partition coefficient (Wildman–Crippen LogP) is 2.61. The van der Waals surface area contributed by atoms with Gasteiger partial charge in [-0.05, 0) is 42.8 Å². The largest absolute Gasteiger partial charge is 0.352 e. The van der Waals surface area contributed by atoms with E-state index in [1.54, 1.807) is 23.1 Å². The van der Waals surface area contributed by atoms with E-state index < -0.39 is 5.82 Å². The third-order valence-corrected chi connectivity index (χ3v) is 3.93. The topological polar surface area (TPSA) is 88.9 Å². The molecule has 0 saturated carbocycles. The first kappa shape index (κ1) is 19.2. The highest BCUT2D eigenvalue weighted by Crippen LogP contribution is 2.06. The van der Waals surface area contributed by atoms with Crippen LogP contribution in [0.1, 0.15) is 28.9 Å². The van der Waals surface area contributed by atoms with Crippen LogP contribution in [0.3, 0.4) is 0 Å². The number of rotatable bonds is 8. The molecule has 0 fully saturated rings. The molecule has 0 spiro atoms. The number of hydrogen-bond donors (Lipinski definition) is 2. The monoisotopic (exact) mass is 381 g/mol. The van der Waals surface area contributed by atoms with Gasteiger partial charge in [0.25, 0.3) is 5.91 Å². The number of carbonyl (C=O) groups excluding carboxylic acids is 2. The molecule has 2 amide bonds. The Bertz CT molecular complexity index is 925. The number of pyridine rings is 1. The van der Waals surface area contributed by atoms with E-state index in [9.17, 15) is 14.0 Å². The molecule has 0 unspecified atom stereocenters. The molecule has 144 valence electrons. The molecule has 2 N–H and O–H groups in total. The smallest absolute Gasteiger partial charge is 0.251 e. The van der Waals surface area contributed by atoms with Gasteiger partial charge in [-0.1, -0.05) is 6.07 Å². The molecule has 0 atom stereocenters. The lowest BCUT2D eigenvalue weighted by atomic mass is 10.2. The standard InChI is InChI=1S/C20H20FN5O2/c21-16-8-6-15(7-9-16)20(28)23-12-3-5-19(27)24-18-10-13-26(25-18)14-17-4-1-2-11-22-17/h1-2,4,6-11,13H,3,5,12,14H2,(H,23,28)(H,24,25,27). The quantitative estimate of drug-likeness (QED) is 0.587. The SMILES string of the molecule is O=C(CCCNC(=O)c1ccc(F)cc1)Nc1ccn(Cc2ccccn2)n1. The van der Waals surface area contributed by atoms with Gasteiger partial charge in [-0.3, -0.25) is 19.3 Å². The highest BCUT2D eigenvalue weighted by atomic mass is 19.1. The number of aromatic nitrogens is 3. The van der Waals surface area contributed by atoms with Crippen molar-refractivity contribution < 1.29 is 14.0 Å². The van der Waals surface area contributed by atoms with Gasteiger partial charge in [-0.2, -0.15) is 5.10 Å². The summed E-state index contributed by atoms with van der Waals surface area (Å²) >= 11 is 0. The highest BCUT2D eigenvalue weighted by Gasteiger charge is 2.08. The minimum absolute atomic E-state index is 0.181. The molecule has 2 aromatic heterocycles. The second-order valence-electron chi connectivity index (χ2n) is 6.13. The number of hydrogen-bond acceptors (Lipinski definition) is 4. The summed E-state index contributed by atoms with van der Waals surface area (Å²) in [6, 6.07) is 12.7. The molecule has 0 aliphatic rings. The van der Waals surface area contributed by atoms with E-state index in [-0.39, 0.29) is 18.2 Å². The Morgan fingerprint density at radius 3 is 2.64 bits per heavy atom. The number of benzene rings is 1. The number of nitrogens with one attached hydrogen (secondary N) is 2. The van der Waals surface area contributed by atoms with Crippen molar-refractivity contribution in [3.63, 3.8) is 0 Å². The van der Waals surface area contributed by atoms with E-state index in [4.69, 9.17) is 0 Å². The second kappa shape index (κ2) is 9.40. The zero-order chi connectivity index (χ0) is 19.8. The maximum Gasteiger partial charge on any atom is 0.251 e. The molecular formula is C20H20FN5O2. The molecule has 0 aliphatic heterocycles. The van der Waals surface area contributed by atoms with E-state index >= 15 is 0 Å². The molecule has 28 heavy (non-hydrogen) atoms. The summed E-state index contributed by atoms with van der Waals surface area (Å²) in [4.78, 5) is 28.1. The molecule has 7 nitrogen and oxygen atoms in total. The molecular weight excluding hydrogens is 361 g/mol. The van der Waals surface area contributed by atoms with Crippen LogP contribution in [0.25, 0.3) is 0 Å². The first-order chi connectivity index (χ1) is 13.6. The lowest BCUT2D eigenvalue weighted by Crippen LogP contribution is -2.25. The van der Waals surface area contributed by atoms with Gasteiger partial charge in [0, 0.05) is 37.0 Å². The Labute approximate surface area is 161 Å². The summed E-state index contributed by atoms with van der Waals surface area (Å²) in [5.41, 5.74) is 1.25. The summed E-state index contributed by atoms with van der Waals surface area (Å²) in [6.07, 6.45) is 4.22. The molecule has 0 radical (unpaired) electrons. The zero-order valence-corrected chi connectivity index (χ0v) is 15.1. The van der Waals surface area contributed by atoms with Crippen LogP contribution >= 0.6 is 0 Å². The first-order valence-corrected chi connectivity index (χ1v) is 8.87. The van der Waals surface area contributed by atoms with Crippen molar-refractivity contribution in [1.82, 2.24) is 20.1 Å². The van der Waals surface area contributed by atoms with E-state index in [2.05, 4.69) is 20.7 Å². The van der Waals surface area contributed by atoms with Crippen LogP contribution < -0.4 is 10.6 Å². The Kier molecular flexibility index (Phi) is 6.46. The van der Waals surface area contributed by atoms with Gasteiger partial charge >= 0.3 is 0 Å². The molecule has 1 aromatic carbocycles. The summed E-state index contributed by atoms with van der Waals surface area (Å²) in [6.45, 7) is 0.865. The Morgan fingerprint density at radius 2 is 1.89 bits per heavy atom. The van der Waals surface area contributed by atoms with Crippen molar-refractivity contribution in [2.24, 2.45) is 0 Å². The van der Waals surface area contributed by atoms with Crippen LogP contribution in [0.15, 0.2) is 60.9 Å². The van der Waals surface area contributed by atoms with Crippen molar-refractivity contribution in [3.8, 4) is 0 Å². The lowest BCUT2D eigenvalue weighted by molar-refractivity contribution is -0.116. The average molecular weight is 381 g/mol.